The molecule has 0 aliphatic heterocycles. The monoisotopic (exact) mass is 303 g/mol. The van der Waals surface area contributed by atoms with Gasteiger partial charge >= 0.3 is 5.97 Å². The topological polar surface area (TPSA) is 66.4 Å². The molecule has 0 radical (unpaired) electrons. The Morgan fingerprint density at radius 1 is 1.14 bits per heavy atom. The molecule has 0 unspecified atom stereocenters. The zero-order valence-electron chi connectivity index (χ0n) is 11.5. The lowest BCUT2D eigenvalue weighted by Gasteiger charge is -2.14. The molecular formula is C16H17NO3S. The van der Waals surface area contributed by atoms with Crippen molar-refractivity contribution in [2.45, 2.75) is 25.3 Å². The summed E-state index contributed by atoms with van der Waals surface area (Å²) < 4.78 is 0. The molecule has 0 saturated heterocycles. The fourth-order valence-electron chi connectivity index (χ4n) is 2.01. The van der Waals surface area contributed by atoms with Crippen molar-refractivity contribution in [1.29, 1.82) is 0 Å². The van der Waals surface area contributed by atoms with Gasteiger partial charge in [-0.15, -0.1) is 0 Å². The molecule has 2 aromatic rings. The smallest absolute Gasteiger partial charge is 0.326 e. The van der Waals surface area contributed by atoms with Gasteiger partial charge in [-0.25, -0.2) is 4.79 Å². The van der Waals surface area contributed by atoms with Crippen molar-refractivity contribution < 1.29 is 14.7 Å². The number of carboxylic acids is 1. The van der Waals surface area contributed by atoms with Crippen LogP contribution in [0, 0.1) is 0 Å². The van der Waals surface area contributed by atoms with E-state index in [1.165, 1.54) is 0 Å². The average Bonchev–Trinajstić information content (AvgIpc) is 2.99. The summed E-state index contributed by atoms with van der Waals surface area (Å²) in [5.74, 6) is -1.24. The van der Waals surface area contributed by atoms with Crippen LogP contribution in [0.1, 0.15) is 17.5 Å². The minimum Gasteiger partial charge on any atom is -0.480 e. The lowest BCUT2D eigenvalue weighted by atomic mass is 10.1. The maximum Gasteiger partial charge on any atom is 0.326 e. The van der Waals surface area contributed by atoms with Crippen LogP contribution in [-0.2, 0) is 22.4 Å². The molecule has 110 valence electrons. The zero-order chi connectivity index (χ0) is 15.1. The van der Waals surface area contributed by atoms with E-state index in [-0.39, 0.29) is 5.91 Å². The molecule has 0 bridgehead atoms. The Bertz CT molecular complexity index is 581. The van der Waals surface area contributed by atoms with Crippen LogP contribution in [0.25, 0.3) is 0 Å². The third-order valence-corrected chi connectivity index (χ3v) is 3.87. The highest BCUT2D eigenvalue weighted by Gasteiger charge is 2.20. The number of hydrogen-bond donors (Lipinski definition) is 2. The lowest BCUT2D eigenvalue weighted by Crippen LogP contribution is -2.42. The Morgan fingerprint density at radius 3 is 2.52 bits per heavy atom. The Balaban J connectivity index is 1.87. The van der Waals surface area contributed by atoms with Gasteiger partial charge in [0.1, 0.15) is 6.04 Å². The maximum absolute atomic E-state index is 11.9. The summed E-state index contributed by atoms with van der Waals surface area (Å²) in [6.45, 7) is 0. The van der Waals surface area contributed by atoms with Gasteiger partial charge in [0.15, 0.2) is 0 Å². The van der Waals surface area contributed by atoms with Gasteiger partial charge in [-0.2, -0.15) is 11.3 Å². The van der Waals surface area contributed by atoms with Crippen molar-refractivity contribution in [2.75, 3.05) is 0 Å². The summed E-state index contributed by atoms with van der Waals surface area (Å²) in [6.07, 6.45) is 1.22. The maximum atomic E-state index is 11.9. The first-order valence-electron chi connectivity index (χ1n) is 6.72. The zero-order valence-corrected chi connectivity index (χ0v) is 12.3. The number of carbonyl (C=O) groups is 2. The molecule has 5 heteroatoms. The SMILES string of the molecule is O=C(CCc1ccsc1)N[C@H](Cc1ccccc1)C(=O)O. The van der Waals surface area contributed by atoms with Crippen molar-refractivity contribution in [2.24, 2.45) is 0 Å². The summed E-state index contributed by atoms with van der Waals surface area (Å²) in [5, 5.41) is 15.8. The fourth-order valence-corrected chi connectivity index (χ4v) is 2.71. The molecule has 0 aliphatic carbocycles. The number of aliphatic carboxylic acids is 1. The molecule has 4 nitrogen and oxygen atoms in total. The Morgan fingerprint density at radius 2 is 1.90 bits per heavy atom. The van der Waals surface area contributed by atoms with Crippen molar-refractivity contribution >= 4 is 23.2 Å². The molecule has 0 saturated carbocycles. The van der Waals surface area contributed by atoms with Gasteiger partial charge in [0.2, 0.25) is 5.91 Å². The molecule has 1 amide bonds. The van der Waals surface area contributed by atoms with Crippen LogP contribution in [0.4, 0.5) is 0 Å². The van der Waals surface area contributed by atoms with E-state index in [4.69, 9.17) is 0 Å². The Hall–Kier alpha value is -2.14. The predicted molar refractivity (Wildman–Crippen MR) is 82.4 cm³/mol. The van der Waals surface area contributed by atoms with Crippen molar-refractivity contribution in [1.82, 2.24) is 5.32 Å². The number of carboxylic acid groups (broad SMARTS) is 1. The lowest BCUT2D eigenvalue weighted by molar-refractivity contribution is -0.141. The van der Waals surface area contributed by atoms with Crippen molar-refractivity contribution in [3.8, 4) is 0 Å². The summed E-state index contributed by atoms with van der Waals surface area (Å²) >= 11 is 1.59. The van der Waals surface area contributed by atoms with Gasteiger partial charge in [0.05, 0.1) is 0 Å². The second-order valence-corrected chi connectivity index (χ2v) is 5.56. The number of carbonyl (C=O) groups excluding carboxylic acids is 1. The van der Waals surface area contributed by atoms with Crippen LogP contribution >= 0.6 is 11.3 Å². The van der Waals surface area contributed by atoms with E-state index in [0.29, 0.717) is 19.3 Å². The fraction of sp³-hybridized carbons (Fsp3) is 0.250. The molecule has 2 rings (SSSR count). The van der Waals surface area contributed by atoms with Crippen LogP contribution in [0.3, 0.4) is 0 Å². The van der Waals surface area contributed by atoms with E-state index < -0.39 is 12.0 Å². The largest absolute Gasteiger partial charge is 0.480 e. The van der Waals surface area contributed by atoms with Crippen LogP contribution in [0.5, 0.6) is 0 Å². The highest BCUT2D eigenvalue weighted by atomic mass is 32.1. The number of aryl methyl sites for hydroxylation is 1. The highest BCUT2D eigenvalue weighted by molar-refractivity contribution is 7.07. The third-order valence-electron chi connectivity index (χ3n) is 3.14. The Labute approximate surface area is 127 Å². The second kappa shape index (κ2) is 7.59. The minimum atomic E-state index is -1.01. The third kappa shape index (κ3) is 5.04. The van der Waals surface area contributed by atoms with Gasteiger partial charge < -0.3 is 10.4 Å². The van der Waals surface area contributed by atoms with Gasteiger partial charge in [-0.3, -0.25) is 4.79 Å². The van der Waals surface area contributed by atoms with E-state index in [9.17, 15) is 14.7 Å². The van der Waals surface area contributed by atoms with E-state index in [0.717, 1.165) is 11.1 Å². The van der Waals surface area contributed by atoms with E-state index in [1.807, 2.05) is 47.2 Å². The molecular weight excluding hydrogens is 286 g/mol. The number of hydrogen-bond acceptors (Lipinski definition) is 3. The van der Waals surface area contributed by atoms with Gasteiger partial charge in [-0.1, -0.05) is 30.3 Å². The predicted octanol–water partition coefficient (Wildman–Crippen LogP) is 2.49. The highest BCUT2D eigenvalue weighted by Crippen LogP contribution is 2.09. The quantitative estimate of drug-likeness (QED) is 0.826. The number of thiophene rings is 1. The molecule has 1 heterocycles. The normalized spacial score (nSPS) is 11.8. The molecule has 1 aromatic heterocycles. The van der Waals surface area contributed by atoms with Gasteiger partial charge in [-0.05, 0) is 34.4 Å². The molecule has 2 N–H and O–H groups in total. The van der Waals surface area contributed by atoms with Crippen LogP contribution < -0.4 is 5.32 Å². The molecule has 1 aromatic carbocycles. The van der Waals surface area contributed by atoms with E-state index >= 15 is 0 Å². The average molecular weight is 303 g/mol. The Kier molecular flexibility index (Phi) is 5.51. The number of rotatable bonds is 7. The number of nitrogens with one attached hydrogen (secondary N) is 1. The molecule has 0 fully saturated rings. The summed E-state index contributed by atoms with van der Waals surface area (Å²) in [7, 11) is 0. The number of amides is 1. The number of benzene rings is 1. The summed E-state index contributed by atoms with van der Waals surface area (Å²) in [5.41, 5.74) is 1.99. The standard InChI is InChI=1S/C16H17NO3S/c18-15(7-6-13-8-9-21-11-13)17-14(16(19)20)10-12-4-2-1-3-5-12/h1-5,8-9,11,14H,6-7,10H2,(H,17,18)(H,19,20)/t14-/m1/s1. The van der Waals surface area contributed by atoms with E-state index in [2.05, 4.69) is 5.32 Å². The first kappa shape index (κ1) is 15.3. The molecule has 21 heavy (non-hydrogen) atoms. The summed E-state index contributed by atoms with van der Waals surface area (Å²) in [4.78, 5) is 23.1. The van der Waals surface area contributed by atoms with Crippen LogP contribution in [0.15, 0.2) is 47.2 Å². The van der Waals surface area contributed by atoms with Crippen LogP contribution in [-0.4, -0.2) is 23.0 Å². The molecule has 0 spiro atoms. The van der Waals surface area contributed by atoms with Crippen LogP contribution in [0.2, 0.25) is 0 Å². The molecule has 0 aliphatic rings. The van der Waals surface area contributed by atoms with Gasteiger partial charge in [0, 0.05) is 12.8 Å². The van der Waals surface area contributed by atoms with E-state index in [1.54, 1.807) is 11.3 Å². The van der Waals surface area contributed by atoms with Crippen molar-refractivity contribution in [3.63, 3.8) is 0 Å². The van der Waals surface area contributed by atoms with Gasteiger partial charge in [0.25, 0.3) is 0 Å². The molecule has 1 atom stereocenters. The minimum absolute atomic E-state index is 0.232. The summed E-state index contributed by atoms with van der Waals surface area (Å²) in [6, 6.07) is 10.4. The first-order valence-corrected chi connectivity index (χ1v) is 7.66. The van der Waals surface area contributed by atoms with Crippen molar-refractivity contribution in [3.05, 3.63) is 58.3 Å². The first-order chi connectivity index (χ1) is 10.1. The second-order valence-electron chi connectivity index (χ2n) is 4.78.